The number of nitrogens with zero attached hydrogens (tertiary/aromatic N) is 3. The fourth-order valence-electron chi connectivity index (χ4n) is 3.99. The van der Waals surface area contributed by atoms with E-state index in [-0.39, 0.29) is 5.91 Å². The molecule has 1 aromatic heterocycles. The molecule has 0 radical (unpaired) electrons. The second-order valence-electron chi connectivity index (χ2n) is 7.68. The van der Waals surface area contributed by atoms with Crippen LogP contribution in [-0.4, -0.2) is 47.4 Å². The zero-order valence-corrected chi connectivity index (χ0v) is 16.8. The number of ether oxygens (including phenoxy) is 1. The van der Waals surface area contributed by atoms with E-state index in [0.717, 1.165) is 61.5 Å². The molecule has 1 saturated heterocycles. The maximum absolute atomic E-state index is 13.0. The normalized spacial score (nSPS) is 17.3. The number of rotatable bonds is 7. The minimum Gasteiger partial charge on any atom is -0.385 e. The van der Waals surface area contributed by atoms with E-state index in [0.29, 0.717) is 12.5 Å². The van der Waals surface area contributed by atoms with Crippen LogP contribution in [0.3, 0.4) is 0 Å². The van der Waals surface area contributed by atoms with Crippen molar-refractivity contribution in [3.05, 3.63) is 52.8 Å². The Hall–Kier alpha value is -2.14. The molecule has 0 bridgehead atoms. The van der Waals surface area contributed by atoms with Crippen LogP contribution in [0.5, 0.6) is 0 Å². The van der Waals surface area contributed by atoms with Gasteiger partial charge in [0.15, 0.2) is 0 Å². The van der Waals surface area contributed by atoms with Crippen molar-refractivity contribution in [3.63, 3.8) is 0 Å². The third kappa shape index (κ3) is 5.19. The van der Waals surface area contributed by atoms with Crippen LogP contribution in [0, 0.1) is 19.8 Å². The highest BCUT2D eigenvalue weighted by Gasteiger charge is 2.24. The van der Waals surface area contributed by atoms with Crippen molar-refractivity contribution in [1.29, 1.82) is 0 Å². The Kier molecular flexibility index (Phi) is 6.67. The number of piperidine rings is 1. The van der Waals surface area contributed by atoms with Crippen LogP contribution in [0.15, 0.2) is 30.3 Å². The molecule has 1 fully saturated rings. The zero-order chi connectivity index (χ0) is 19.2. The van der Waals surface area contributed by atoms with Crippen molar-refractivity contribution in [2.45, 2.75) is 46.1 Å². The van der Waals surface area contributed by atoms with Crippen LogP contribution in [0.25, 0.3) is 0 Å². The van der Waals surface area contributed by atoms with Crippen LogP contribution in [0.1, 0.15) is 53.0 Å². The van der Waals surface area contributed by atoms with E-state index in [4.69, 9.17) is 4.74 Å². The molecule has 146 valence electrons. The Morgan fingerprint density at radius 3 is 2.89 bits per heavy atom. The average Bonchev–Trinajstić information content (AvgIpc) is 2.99. The van der Waals surface area contributed by atoms with Gasteiger partial charge in [0.2, 0.25) is 0 Å². The lowest BCUT2D eigenvalue weighted by Crippen LogP contribution is -2.40. The number of aromatic nitrogens is 2. The maximum Gasteiger partial charge on any atom is 0.253 e. The van der Waals surface area contributed by atoms with Crippen LogP contribution in [0.2, 0.25) is 0 Å². The minimum absolute atomic E-state index is 0.154. The fourth-order valence-corrected chi connectivity index (χ4v) is 3.99. The quantitative estimate of drug-likeness (QED) is 0.697. The van der Waals surface area contributed by atoms with Gasteiger partial charge in [-0.25, -0.2) is 0 Å². The van der Waals surface area contributed by atoms with E-state index < -0.39 is 0 Å². The Morgan fingerprint density at radius 1 is 1.30 bits per heavy atom. The highest BCUT2D eigenvalue weighted by Crippen LogP contribution is 2.23. The summed E-state index contributed by atoms with van der Waals surface area (Å²) in [6.45, 7) is 7.29. The van der Waals surface area contributed by atoms with Gasteiger partial charge in [0.05, 0.1) is 12.2 Å². The van der Waals surface area contributed by atoms with Gasteiger partial charge in [-0.3, -0.25) is 9.48 Å². The average molecular weight is 370 g/mol. The Labute approximate surface area is 162 Å². The first kappa shape index (κ1) is 19.6. The molecule has 2 heterocycles. The van der Waals surface area contributed by atoms with E-state index >= 15 is 0 Å². The first-order valence-electron chi connectivity index (χ1n) is 9.95. The Balaban J connectivity index is 1.65. The monoisotopic (exact) mass is 369 g/mol. The lowest BCUT2D eigenvalue weighted by molar-refractivity contribution is 0.0660. The summed E-state index contributed by atoms with van der Waals surface area (Å²) in [5, 5.41) is 4.53. The fraction of sp³-hybridized carbons (Fsp3) is 0.545. The predicted octanol–water partition coefficient (Wildman–Crippen LogP) is 3.83. The van der Waals surface area contributed by atoms with E-state index in [9.17, 15) is 4.79 Å². The first-order valence-corrected chi connectivity index (χ1v) is 9.95. The van der Waals surface area contributed by atoms with E-state index in [1.54, 1.807) is 7.11 Å². The number of methoxy groups -OCH3 is 1. The minimum atomic E-state index is 0.154. The molecule has 27 heavy (non-hydrogen) atoms. The van der Waals surface area contributed by atoms with Crippen LogP contribution >= 0.6 is 0 Å². The number of aryl methyl sites for hydroxylation is 2. The molecule has 2 aromatic rings. The topological polar surface area (TPSA) is 47.4 Å². The molecule has 1 aliphatic heterocycles. The molecule has 0 spiro atoms. The van der Waals surface area contributed by atoms with Gasteiger partial charge in [0, 0.05) is 38.1 Å². The lowest BCUT2D eigenvalue weighted by atomic mass is 9.93. The van der Waals surface area contributed by atoms with E-state index in [1.165, 1.54) is 6.42 Å². The third-order valence-electron chi connectivity index (χ3n) is 5.38. The SMILES string of the molecule is COCCC[C@@H]1CCCN(C(=O)c2cccc(Cn3nc(C)cc3C)c2)C1. The van der Waals surface area contributed by atoms with Crippen molar-refractivity contribution >= 4 is 5.91 Å². The summed E-state index contributed by atoms with van der Waals surface area (Å²) in [6.07, 6.45) is 4.51. The van der Waals surface area contributed by atoms with Gasteiger partial charge in [-0.1, -0.05) is 12.1 Å². The smallest absolute Gasteiger partial charge is 0.253 e. The summed E-state index contributed by atoms with van der Waals surface area (Å²) in [5.74, 6) is 0.748. The third-order valence-corrected chi connectivity index (χ3v) is 5.38. The van der Waals surface area contributed by atoms with Crippen LogP contribution in [0.4, 0.5) is 0 Å². The number of benzene rings is 1. The van der Waals surface area contributed by atoms with Crippen molar-refractivity contribution in [2.75, 3.05) is 26.8 Å². The molecule has 5 nitrogen and oxygen atoms in total. The van der Waals surface area contributed by atoms with E-state index in [1.807, 2.05) is 34.7 Å². The number of hydrogen-bond acceptors (Lipinski definition) is 3. The molecule has 0 saturated carbocycles. The second-order valence-corrected chi connectivity index (χ2v) is 7.68. The van der Waals surface area contributed by atoms with Gasteiger partial charge in [0.1, 0.15) is 0 Å². The standard InChI is InChI=1S/C22H31N3O2/c1-17-13-18(2)25(23-17)16-20-7-4-10-21(14-20)22(26)24-11-5-8-19(15-24)9-6-12-27-3/h4,7,10,13-14,19H,5-6,8-9,11-12,15-16H2,1-3H3/t19-/m0/s1. The van der Waals surface area contributed by atoms with Crippen LogP contribution in [-0.2, 0) is 11.3 Å². The van der Waals surface area contributed by atoms with Gasteiger partial charge >= 0.3 is 0 Å². The van der Waals surface area contributed by atoms with Crippen molar-refractivity contribution < 1.29 is 9.53 Å². The van der Waals surface area contributed by atoms with Gasteiger partial charge in [0.25, 0.3) is 5.91 Å². The predicted molar refractivity (Wildman–Crippen MR) is 107 cm³/mol. The van der Waals surface area contributed by atoms with Crippen molar-refractivity contribution in [3.8, 4) is 0 Å². The highest BCUT2D eigenvalue weighted by atomic mass is 16.5. The van der Waals surface area contributed by atoms with Crippen molar-refractivity contribution in [2.24, 2.45) is 5.92 Å². The first-order chi connectivity index (χ1) is 13.1. The second kappa shape index (κ2) is 9.18. The van der Waals surface area contributed by atoms with Gasteiger partial charge in [-0.2, -0.15) is 5.10 Å². The maximum atomic E-state index is 13.0. The number of likely N-dealkylation sites (tertiary alicyclic amines) is 1. The molecule has 1 atom stereocenters. The Bertz CT molecular complexity index is 769. The number of carbonyl (C=O) groups excluding carboxylic acids is 1. The Morgan fingerprint density at radius 2 is 2.15 bits per heavy atom. The number of hydrogen-bond donors (Lipinski definition) is 0. The molecule has 1 amide bonds. The largest absolute Gasteiger partial charge is 0.385 e. The summed E-state index contributed by atoms with van der Waals surface area (Å²) in [7, 11) is 1.75. The molecule has 0 unspecified atom stereocenters. The number of amides is 1. The van der Waals surface area contributed by atoms with Gasteiger partial charge in [-0.15, -0.1) is 0 Å². The summed E-state index contributed by atoms with van der Waals surface area (Å²) in [6, 6.07) is 10.1. The molecule has 1 aromatic carbocycles. The molecule has 0 N–H and O–H groups in total. The summed E-state index contributed by atoms with van der Waals surface area (Å²) in [4.78, 5) is 15.1. The van der Waals surface area contributed by atoms with Crippen LogP contribution < -0.4 is 0 Å². The lowest BCUT2D eigenvalue weighted by Gasteiger charge is -2.33. The number of carbonyl (C=O) groups is 1. The van der Waals surface area contributed by atoms with Gasteiger partial charge < -0.3 is 9.64 Å². The van der Waals surface area contributed by atoms with E-state index in [2.05, 4.69) is 24.2 Å². The molecule has 3 rings (SSSR count). The van der Waals surface area contributed by atoms with Crippen molar-refractivity contribution in [1.82, 2.24) is 14.7 Å². The van der Waals surface area contributed by atoms with Gasteiger partial charge in [-0.05, 0) is 69.2 Å². The molecule has 0 aliphatic carbocycles. The molecular formula is C22H31N3O2. The highest BCUT2D eigenvalue weighted by molar-refractivity contribution is 5.94. The molecule has 1 aliphatic rings. The molecule has 5 heteroatoms. The summed E-state index contributed by atoms with van der Waals surface area (Å²) >= 11 is 0. The summed E-state index contributed by atoms with van der Waals surface area (Å²) < 4.78 is 7.15. The molecular weight excluding hydrogens is 338 g/mol. The zero-order valence-electron chi connectivity index (χ0n) is 16.8. The summed E-state index contributed by atoms with van der Waals surface area (Å²) in [5.41, 5.74) is 4.05.